The Morgan fingerprint density at radius 3 is 2.05 bits per heavy atom. The van der Waals surface area contributed by atoms with Crippen LogP contribution in [0.5, 0.6) is 0 Å². The van der Waals surface area contributed by atoms with Gasteiger partial charge >= 0.3 is 0 Å². The molecule has 1 aliphatic heterocycles. The van der Waals surface area contributed by atoms with Gasteiger partial charge in [0.15, 0.2) is 5.17 Å². The maximum atomic E-state index is 12.2. The molecule has 0 saturated heterocycles. The lowest BCUT2D eigenvalue weighted by atomic mass is 9.94. The highest BCUT2D eigenvalue weighted by atomic mass is 32.2. The first-order valence-electron chi connectivity index (χ1n) is 7.24. The first kappa shape index (κ1) is 14.9. The third-order valence-electron chi connectivity index (χ3n) is 3.84. The van der Waals surface area contributed by atoms with Gasteiger partial charge < -0.3 is 0 Å². The van der Waals surface area contributed by atoms with Crippen LogP contribution in [0.1, 0.15) is 30.1 Å². The molecule has 2 atom stereocenters. The number of nitrogens with zero attached hydrogens (tertiary/aromatic N) is 2. The molecule has 0 unspecified atom stereocenters. The zero-order chi connectivity index (χ0) is 15.5. The van der Waals surface area contributed by atoms with Crippen LogP contribution < -0.4 is 0 Å². The lowest BCUT2D eigenvalue weighted by Crippen LogP contribution is -2.34. The van der Waals surface area contributed by atoms with Crippen molar-refractivity contribution in [3.63, 3.8) is 0 Å². The minimum atomic E-state index is -0.0800. The second kappa shape index (κ2) is 6.36. The number of amidine groups is 1. The largest absolute Gasteiger partial charge is 0.282 e. The molecule has 1 heterocycles. The number of benzene rings is 2. The van der Waals surface area contributed by atoms with Crippen LogP contribution in [0, 0.1) is 0 Å². The predicted octanol–water partition coefficient (Wildman–Crippen LogP) is 4.05. The van der Waals surface area contributed by atoms with Crippen molar-refractivity contribution in [1.82, 2.24) is 4.90 Å². The minimum absolute atomic E-state index is 0.0281. The molecule has 0 saturated carbocycles. The summed E-state index contributed by atoms with van der Waals surface area (Å²) in [6, 6.07) is 20.2. The molecule has 1 aliphatic rings. The summed E-state index contributed by atoms with van der Waals surface area (Å²) in [7, 11) is 0. The van der Waals surface area contributed by atoms with E-state index >= 15 is 0 Å². The maximum absolute atomic E-state index is 12.2. The lowest BCUT2D eigenvalue weighted by Gasteiger charge is -2.28. The summed E-state index contributed by atoms with van der Waals surface area (Å²) >= 11 is 1.52. The van der Waals surface area contributed by atoms with Gasteiger partial charge in [-0.05, 0) is 17.4 Å². The van der Waals surface area contributed by atoms with E-state index in [1.54, 1.807) is 6.92 Å². The third-order valence-corrected chi connectivity index (χ3v) is 4.50. The summed E-state index contributed by atoms with van der Waals surface area (Å²) in [5.74, 6) is 0.0281. The highest BCUT2D eigenvalue weighted by molar-refractivity contribution is 8.13. The molecule has 0 N–H and O–H groups in total. The van der Waals surface area contributed by atoms with Crippen LogP contribution in [-0.4, -0.2) is 22.2 Å². The monoisotopic (exact) mass is 310 g/mol. The quantitative estimate of drug-likeness (QED) is 0.838. The molecule has 1 amide bonds. The van der Waals surface area contributed by atoms with Crippen LogP contribution in [0.15, 0.2) is 65.7 Å². The Labute approximate surface area is 135 Å². The van der Waals surface area contributed by atoms with Crippen molar-refractivity contribution in [2.45, 2.75) is 19.0 Å². The fourth-order valence-corrected chi connectivity index (χ4v) is 3.54. The highest BCUT2D eigenvalue weighted by Crippen LogP contribution is 2.43. The normalized spacial score (nSPS) is 20.8. The summed E-state index contributed by atoms with van der Waals surface area (Å²) in [5.41, 5.74) is 2.24. The van der Waals surface area contributed by atoms with Crippen LogP contribution in [0.4, 0.5) is 0 Å². The van der Waals surface area contributed by atoms with E-state index in [1.165, 1.54) is 11.8 Å². The summed E-state index contributed by atoms with van der Waals surface area (Å²) in [6.45, 7) is 1.61. The summed E-state index contributed by atoms with van der Waals surface area (Å²) < 4.78 is 0. The van der Waals surface area contributed by atoms with Crippen molar-refractivity contribution in [2.24, 2.45) is 4.99 Å². The van der Waals surface area contributed by atoms with Crippen molar-refractivity contribution >= 4 is 22.8 Å². The SMILES string of the molecule is CSC1=N[C@H](c2ccccc2)[C@H](c2ccccc2)N1C(C)=O. The van der Waals surface area contributed by atoms with Gasteiger partial charge in [-0.3, -0.25) is 14.7 Å². The van der Waals surface area contributed by atoms with Gasteiger partial charge in [-0.25, -0.2) is 0 Å². The van der Waals surface area contributed by atoms with Crippen molar-refractivity contribution < 1.29 is 4.79 Å². The molecule has 0 aromatic heterocycles. The Kier molecular flexibility index (Phi) is 4.29. The van der Waals surface area contributed by atoms with Crippen LogP contribution in [0.2, 0.25) is 0 Å². The highest BCUT2D eigenvalue weighted by Gasteiger charge is 2.39. The minimum Gasteiger partial charge on any atom is -0.282 e. The van der Waals surface area contributed by atoms with Gasteiger partial charge in [-0.1, -0.05) is 72.4 Å². The average Bonchev–Trinajstić information content (AvgIpc) is 2.96. The van der Waals surface area contributed by atoms with E-state index in [9.17, 15) is 4.79 Å². The Morgan fingerprint density at radius 1 is 1.00 bits per heavy atom. The molecule has 0 spiro atoms. The molecule has 22 heavy (non-hydrogen) atoms. The van der Waals surface area contributed by atoms with Crippen LogP contribution in [0.25, 0.3) is 0 Å². The van der Waals surface area contributed by atoms with Gasteiger partial charge in [0.25, 0.3) is 0 Å². The van der Waals surface area contributed by atoms with E-state index in [0.29, 0.717) is 0 Å². The number of carbonyl (C=O) groups excluding carboxylic acids is 1. The van der Waals surface area contributed by atoms with E-state index in [2.05, 4.69) is 24.3 Å². The smallest absolute Gasteiger partial charge is 0.226 e. The van der Waals surface area contributed by atoms with Gasteiger partial charge in [0.1, 0.15) is 6.04 Å². The zero-order valence-electron chi connectivity index (χ0n) is 12.6. The van der Waals surface area contributed by atoms with Crippen molar-refractivity contribution in [1.29, 1.82) is 0 Å². The molecule has 0 radical (unpaired) electrons. The summed E-state index contributed by atoms with van der Waals surface area (Å²) in [4.78, 5) is 18.8. The molecular weight excluding hydrogens is 292 g/mol. The standard InChI is InChI=1S/C18H18N2OS/c1-13(21)20-17(15-11-7-4-8-12-15)16(19-18(20)22-2)14-9-5-3-6-10-14/h3-12,16-17H,1-2H3/t16-,17+/m1/s1. The molecule has 2 aromatic rings. The van der Waals surface area contributed by atoms with E-state index in [0.717, 1.165) is 16.3 Å². The Bertz CT molecular complexity index is 685. The fourth-order valence-electron chi connectivity index (χ4n) is 2.88. The molecule has 4 heteroatoms. The van der Waals surface area contributed by atoms with Crippen LogP contribution >= 0.6 is 11.8 Å². The summed E-state index contributed by atoms with van der Waals surface area (Å²) in [5, 5.41) is 0.787. The number of rotatable bonds is 2. The third kappa shape index (κ3) is 2.66. The topological polar surface area (TPSA) is 32.7 Å². The van der Waals surface area contributed by atoms with Crippen molar-refractivity contribution in [3.8, 4) is 0 Å². The number of aliphatic imine (C=N–C) groups is 1. The molecule has 3 rings (SSSR count). The number of amides is 1. The van der Waals surface area contributed by atoms with Crippen molar-refractivity contribution in [3.05, 3.63) is 71.8 Å². The van der Waals surface area contributed by atoms with Gasteiger partial charge in [0, 0.05) is 6.92 Å². The molecular formula is C18H18N2OS. The number of hydrogen-bond donors (Lipinski definition) is 0. The van der Waals surface area contributed by atoms with Crippen molar-refractivity contribution in [2.75, 3.05) is 6.26 Å². The van der Waals surface area contributed by atoms with Gasteiger partial charge in [-0.2, -0.15) is 0 Å². The van der Waals surface area contributed by atoms with E-state index in [-0.39, 0.29) is 18.0 Å². The number of thioether (sulfide) groups is 1. The second-order valence-corrected chi connectivity index (χ2v) is 5.99. The molecule has 2 aromatic carbocycles. The van der Waals surface area contributed by atoms with Gasteiger partial charge in [0.2, 0.25) is 5.91 Å². The van der Waals surface area contributed by atoms with Gasteiger partial charge in [-0.15, -0.1) is 0 Å². The fraction of sp³-hybridized carbons (Fsp3) is 0.222. The average molecular weight is 310 g/mol. The molecule has 3 nitrogen and oxygen atoms in total. The maximum Gasteiger partial charge on any atom is 0.226 e. The zero-order valence-corrected chi connectivity index (χ0v) is 13.5. The molecule has 0 bridgehead atoms. The first-order valence-corrected chi connectivity index (χ1v) is 8.46. The number of hydrogen-bond acceptors (Lipinski definition) is 3. The Morgan fingerprint density at radius 2 is 1.55 bits per heavy atom. The van der Waals surface area contributed by atoms with E-state index in [1.807, 2.05) is 47.6 Å². The lowest BCUT2D eigenvalue weighted by molar-refractivity contribution is -0.126. The van der Waals surface area contributed by atoms with E-state index in [4.69, 9.17) is 4.99 Å². The Balaban J connectivity index is 2.10. The molecule has 112 valence electrons. The van der Waals surface area contributed by atoms with E-state index < -0.39 is 0 Å². The predicted molar refractivity (Wildman–Crippen MR) is 91.8 cm³/mol. The summed E-state index contributed by atoms with van der Waals surface area (Å²) in [6.07, 6.45) is 1.96. The first-order chi connectivity index (χ1) is 10.7. The second-order valence-electron chi connectivity index (χ2n) is 5.22. The molecule has 0 aliphatic carbocycles. The Hall–Kier alpha value is -2.07. The van der Waals surface area contributed by atoms with Crippen LogP contribution in [-0.2, 0) is 4.79 Å². The molecule has 0 fully saturated rings. The van der Waals surface area contributed by atoms with Crippen LogP contribution in [0.3, 0.4) is 0 Å². The van der Waals surface area contributed by atoms with Gasteiger partial charge in [0.05, 0.1) is 6.04 Å². The number of carbonyl (C=O) groups is 1.